The van der Waals surface area contributed by atoms with Crippen molar-refractivity contribution in [2.24, 2.45) is 10.9 Å². The maximum Gasteiger partial charge on any atom is 0.140 e. The Hall–Kier alpha value is -0.850. The van der Waals surface area contributed by atoms with Crippen molar-refractivity contribution in [3.63, 3.8) is 0 Å². The van der Waals surface area contributed by atoms with Crippen molar-refractivity contribution in [1.29, 1.82) is 0 Å². The molecule has 0 saturated carbocycles. The minimum absolute atomic E-state index is 0.0187. The summed E-state index contributed by atoms with van der Waals surface area (Å²) in [6.45, 7) is 4.13. The lowest BCUT2D eigenvalue weighted by atomic mass is 10.1. The zero-order valence-electron chi connectivity index (χ0n) is 9.67. The second-order valence-corrected chi connectivity index (χ2v) is 4.01. The van der Waals surface area contributed by atoms with Crippen LogP contribution in [0, 0.1) is 0 Å². The van der Waals surface area contributed by atoms with E-state index in [-0.39, 0.29) is 24.5 Å². The third-order valence-electron chi connectivity index (χ3n) is 3.00. The predicted octanol–water partition coefficient (Wildman–Crippen LogP) is -0.405. The zero-order chi connectivity index (χ0) is 12.0. The number of nitrogens with two attached hydrogens (primary N) is 1. The van der Waals surface area contributed by atoms with Crippen molar-refractivity contribution < 1.29 is 15.1 Å². The molecule has 2 unspecified atom stereocenters. The van der Waals surface area contributed by atoms with Gasteiger partial charge in [-0.05, 0) is 6.42 Å². The summed E-state index contributed by atoms with van der Waals surface area (Å²) in [6.07, 6.45) is 1.41. The summed E-state index contributed by atoms with van der Waals surface area (Å²) in [7, 11) is 0. The summed E-state index contributed by atoms with van der Waals surface area (Å²) < 4.78 is 5.32. The van der Waals surface area contributed by atoms with Crippen LogP contribution >= 0.6 is 0 Å². The first kappa shape index (κ1) is 13.2. The molecule has 0 aromatic carbocycles. The fourth-order valence-corrected chi connectivity index (χ4v) is 2.08. The lowest BCUT2D eigenvalue weighted by molar-refractivity contribution is -0.0466. The molecule has 0 spiro atoms. The van der Waals surface area contributed by atoms with E-state index in [0.29, 0.717) is 19.6 Å². The molecule has 16 heavy (non-hydrogen) atoms. The van der Waals surface area contributed by atoms with Crippen LogP contribution in [-0.2, 0) is 4.74 Å². The molecule has 6 heteroatoms. The monoisotopic (exact) mass is 231 g/mol. The Morgan fingerprint density at radius 3 is 3.00 bits per heavy atom. The van der Waals surface area contributed by atoms with Crippen LogP contribution in [0.25, 0.3) is 0 Å². The van der Waals surface area contributed by atoms with Gasteiger partial charge >= 0.3 is 0 Å². The van der Waals surface area contributed by atoms with Gasteiger partial charge in [-0.2, -0.15) is 0 Å². The van der Waals surface area contributed by atoms with Crippen LogP contribution in [0.5, 0.6) is 0 Å². The molecule has 0 aromatic rings. The van der Waals surface area contributed by atoms with E-state index in [1.807, 2.05) is 0 Å². The highest BCUT2D eigenvalue weighted by Gasteiger charge is 2.28. The Balaban J connectivity index is 2.61. The van der Waals surface area contributed by atoms with Crippen molar-refractivity contribution in [3.05, 3.63) is 0 Å². The molecule has 6 nitrogen and oxygen atoms in total. The number of nitrogens with zero attached hydrogens (tertiary/aromatic N) is 2. The van der Waals surface area contributed by atoms with Crippen LogP contribution in [-0.4, -0.2) is 59.5 Å². The van der Waals surface area contributed by atoms with Crippen LogP contribution in [0.1, 0.15) is 19.8 Å². The molecular weight excluding hydrogens is 210 g/mol. The van der Waals surface area contributed by atoms with Crippen LogP contribution in [0.3, 0.4) is 0 Å². The summed E-state index contributed by atoms with van der Waals surface area (Å²) in [4.78, 5) is 2.18. The normalized spacial score (nSPS) is 25.6. The topological polar surface area (TPSA) is 91.3 Å². The van der Waals surface area contributed by atoms with E-state index < -0.39 is 0 Å². The summed E-state index contributed by atoms with van der Waals surface area (Å²) >= 11 is 0. The molecule has 1 rings (SSSR count). The van der Waals surface area contributed by atoms with E-state index in [9.17, 15) is 5.11 Å². The lowest BCUT2D eigenvalue weighted by Crippen LogP contribution is -2.53. The minimum Gasteiger partial charge on any atom is -0.409 e. The summed E-state index contributed by atoms with van der Waals surface area (Å²) in [5.41, 5.74) is 5.52. The Labute approximate surface area is 95.7 Å². The minimum atomic E-state index is 0.0187. The average Bonchev–Trinajstić information content (AvgIpc) is 2.35. The third-order valence-corrected chi connectivity index (χ3v) is 3.00. The number of amidine groups is 1. The number of rotatable bonds is 5. The van der Waals surface area contributed by atoms with Crippen LogP contribution < -0.4 is 5.73 Å². The average molecular weight is 231 g/mol. The summed E-state index contributed by atoms with van der Waals surface area (Å²) in [6, 6.07) is 0.210. The van der Waals surface area contributed by atoms with Gasteiger partial charge in [-0.15, -0.1) is 0 Å². The highest BCUT2D eigenvalue weighted by atomic mass is 16.5. The van der Waals surface area contributed by atoms with Gasteiger partial charge in [0.05, 0.1) is 25.9 Å². The van der Waals surface area contributed by atoms with E-state index in [2.05, 4.69) is 17.0 Å². The second kappa shape index (κ2) is 6.67. The number of ether oxygens (including phenoxy) is 1. The molecule has 94 valence electrons. The maximum atomic E-state index is 9.26. The maximum absolute atomic E-state index is 9.26. The molecule has 4 N–H and O–H groups in total. The molecule has 1 heterocycles. The third kappa shape index (κ3) is 3.33. The van der Waals surface area contributed by atoms with Crippen molar-refractivity contribution in [2.45, 2.75) is 31.8 Å². The van der Waals surface area contributed by atoms with Crippen molar-refractivity contribution in [1.82, 2.24) is 4.90 Å². The van der Waals surface area contributed by atoms with Crippen molar-refractivity contribution >= 4 is 5.84 Å². The molecule has 1 aliphatic rings. The Kier molecular flexibility index (Phi) is 5.51. The molecule has 1 aliphatic heterocycles. The fraction of sp³-hybridized carbons (Fsp3) is 0.900. The van der Waals surface area contributed by atoms with E-state index in [0.717, 1.165) is 13.0 Å². The van der Waals surface area contributed by atoms with Gasteiger partial charge in [0.2, 0.25) is 0 Å². The van der Waals surface area contributed by atoms with E-state index in [1.165, 1.54) is 0 Å². The Morgan fingerprint density at radius 2 is 2.44 bits per heavy atom. The van der Waals surface area contributed by atoms with Gasteiger partial charge < -0.3 is 20.8 Å². The molecule has 1 fully saturated rings. The largest absolute Gasteiger partial charge is 0.409 e. The molecular formula is C10H21N3O3. The molecule has 0 aliphatic carbocycles. The van der Waals surface area contributed by atoms with E-state index in [4.69, 9.17) is 15.7 Å². The van der Waals surface area contributed by atoms with Gasteiger partial charge in [0, 0.05) is 19.0 Å². The highest BCUT2D eigenvalue weighted by Crippen LogP contribution is 2.16. The van der Waals surface area contributed by atoms with Gasteiger partial charge in [-0.3, -0.25) is 4.90 Å². The summed E-state index contributed by atoms with van der Waals surface area (Å²) in [5.74, 6) is 0.232. The number of aliphatic hydroxyl groups is 1. The molecule has 2 atom stereocenters. The van der Waals surface area contributed by atoms with Crippen molar-refractivity contribution in [2.75, 3.05) is 26.4 Å². The van der Waals surface area contributed by atoms with Gasteiger partial charge in [-0.1, -0.05) is 12.1 Å². The number of oxime groups is 1. The predicted molar refractivity (Wildman–Crippen MR) is 60.5 cm³/mol. The lowest BCUT2D eigenvalue weighted by Gasteiger charge is -2.39. The first-order valence-electron chi connectivity index (χ1n) is 5.63. The van der Waals surface area contributed by atoms with Crippen LogP contribution in [0.4, 0.5) is 0 Å². The molecule has 0 amide bonds. The number of hydrogen-bond donors (Lipinski definition) is 3. The molecule has 0 bridgehead atoms. The molecule has 0 radical (unpaired) electrons. The number of morpholine rings is 1. The highest BCUT2D eigenvalue weighted by molar-refractivity contribution is 5.80. The van der Waals surface area contributed by atoms with E-state index in [1.54, 1.807) is 0 Å². The number of hydrogen-bond acceptors (Lipinski definition) is 5. The van der Waals surface area contributed by atoms with Gasteiger partial charge in [-0.25, -0.2) is 0 Å². The second-order valence-electron chi connectivity index (χ2n) is 4.01. The van der Waals surface area contributed by atoms with E-state index >= 15 is 0 Å². The van der Waals surface area contributed by atoms with Gasteiger partial charge in [0.1, 0.15) is 5.84 Å². The quantitative estimate of drug-likeness (QED) is 0.259. The first-order valence-corrected chi connectivity index (χ1v) is 5.63. The Bertz CT molecular complexity index is 235. The molecule has 1 saturated heterocycles. The van der Waals surface area contributed by atoms with Crippen LogP contribution in [0.15, 0.2) is 5.16 Å². The van der Waals surface area contributed by atoms with Gasteiger partial charge in [0.25, 0.3) is 0 Å². The van der Waals surface area contributed by atoms with Crippen LogP contribution in [0.2, 0.25) is 0 Å². The first-order chi connectivity index (χ1) is 7.72. The fourth-order valence-electron chi connectivity index (χ4n) is 2.08. The molecule has 0 aromatic heterocycles. The van der Waals surface area contributed by atoms with Crippen molar-refractivity contribution in [3.8, 4) is 0 Å². The SMILES string of the molecule is CCC(CC(N)=NO)N1CCOCC1CO. The van der Waals surface area contributed by atoms with Gasteiger partial charge in [0.15, 0.2) is 0 Å². The standard InChI is InChI=1S/C10H21N3O3/c1-2-8(5-10(11)12-15)13-3-4-16-7-9(13)6-14/h8-9,14-15H,2-7H2,1H3,(H2,11,12). The Morgan fingerprint density at radius 1 is 1.69 bits per heavy atom. The summed E-state index contributed by atoms with van der Waals surface area (Å²) in [5, 5.41) is 20.8. The smallest absolute Gasteiger partial charge is 0.140 e. The zero-order valence-corrected chi connectivity index (χ0v) is 9.67. The number of aliphatic hydroxyl groups excluding tert-OH is 1.